The molecule has 0 spiro atoms. The molecule has 0 radical (unpaired) electrons. The number of aromatic nitrogens is 1. The minimum absolute atomic E-state index is 0.175. The standard InChI is InChI=1S/C18H21FN2O2/c1-20(2)10-11-23-18-7-6-13(12-15(18)19)21-9-8-14-16(21)4-3-5-17(14)22/h6-9,12H,3-5,10-11H2,1-2H3. The minimum Gasteiger partial charge on any atom is -0.489 e. The number of nitrogens with zero attached hydrogens (tertiary/aromatic N) is 2. The molecule has 0 saturated carbocycles. The van der Waals surface area contributed by atoms with Crippen molar-refractivity contribution in [2.45, 2.75) is 19.3 Å². The highest BCUT2D eigenvalue weighted by Gasteiger charge is 2.21. The summed E-state index contributed by atoms with van der Waals surface area (Å²) < 4.78 is 21.6. The summed E-state index contributed by atoms with van der Waals surface area (Å²) >= 11 is 0. The zero-order valence-corrected chi connectivity index (χ0v) is 13.5. The molecule has 23 heavy (non-hydrogen) atoms. The normalized spacial score (nSPS) is 14.2. The summed E-state index contributed by atoms with van der Waals surface area (Å²) in [6.07, 6.45) is 4.14. The van der Waals surface area contributed by atoms with Gasteiger partial charge in [-0.1, -0.05) is 0 Å². The van der Waals surface area contributed by atoms with Gasteiger partial charge in [0, 0.05) is 42.2 Å². The highest BCUT2D eigenvalue weighted by Crippen LogP contribution is 2.27. The van der Waals surface area contributed by atoms with Crippen LogP contribution in [0.15, 0.2) is 30.5 Å². The molecule has 0 atom stereocenters. The van der Waals surface area contributed by atoms with Gasteiger partial charge in [-0.2, -0.15) is 0 Å². The van der Waals surface area contributed by atoms with E-state index in [1.807, 2.05) is 41.9 Å². The molecule has 1 heterocycles. The van der Waals surface area contributed by atoms with E-state index < -0.39 is 0 Å². The lowest BCUT2D eigenvalue weighted by Gasteiger charge is -2.16. The highest BCUT2D eigenvalue weighted by atomic mass is 19.1. The summed E-state index contributed by atoms with van der Waals surface area (Å²) in [5.41, 5.74) is 2.46. The summed E-state index contributed by atoms with van der Waals surface area (Å²) in [5.74, 6) is 0.0488. The third kappa shape index (κ3) is 3.29. The summed E-state index contributed by atoms with van der Waals surface area (Å²) in [5, 5.41) is 0. The van der Waals surface area contributed by atoms with Crippen LogP contribution in [0.2, 0.25) is 0 Å². The molecule has 1 aliphatic rings. The van der Waals surface area contributed by atoms with Crippen LogP contribution in [-0.4, -0.2) is 42.5 Å². The van der Waals surface area contributed by atoms with Crippen molar-refractivity contribution in [2.75, 3.05) is 27.2 Å². The van der Waals surface area contributed by atoms with E-state index in [9.17, 15) is 9.18 Å². The number of halogens is 1. The van der Waals surface area contributed by atoms with E-state index in [2.05, 4.69) is 0 Å². The molecule has 3 rings (SSSR count). The first-order chi connectivity index (χ1) is 11.1. The first-order valence-corrected chi connectivity index (χ1v) is 7.87. The van der Waals surface area contributed by atoms with Crippen LogP contribution >= 0.6 is 0 Å². The number of fused-ring (bicyclic) bond motifs is 1. The monoisotopic (exact) mass is 316 g/mol. The Bertz CT molecular complexity index is 722. The van der Waals surface area contributed by atoms with Gasteiger partial charge >= 0.3 is 0 Å². The Labute approximate surface area is 135 Å². The molecule has 0 aliphatic heterocycles. The lowest BCUT2D eigenvalue weighted by molar-refractivity contribution is 0.0972. The third-order valence-electron chi connectivity index (χ3n) is 4.10. The Morgan fingerprint density at radius 2 is 2.09 bits per heavy atom. The quantitative estimate of drug-likeness (QED) is 0.850. The van der Waals surface area contributed by atoms with Crippen molar-refractivity contribution in [3.05, 3.63) is 47.5 Å². The van der Waals surface area contributed by atoms with Crippen molar-refractivity contribution in [3.8, 4) is 11.4 Å². The van der Waals surface area contributed by atoms with Crippen LogP contribution in [0.25, 0.3) is 5.69 Å². The van der Waals surface area contributed by atoms with Crippen molar-refractivity contribution in [2.24, 2.45) is 0 Å². The lowest BCUT2D eigenvalue weighted by atomic mass is 9.97. The number of carbonyl (C=O) groups is 1. The molecule has 1 aromatic carbocycles. The topological polar surface area (TPSA) is 34.5 Å². The SMILES string of the molecule is CN(C)CCOc1ccc(-n2ccc3c2CCCC3=O)cc1F. The van der Waals surface area contributed by atoms with Gasteiger partial charge in [0.2, 0.25) is 0 Å². The van der Waals surface area contributed by atoms with E-state index in [-0.39, 0.29) is 17.3 Å². The molecular weight excluding hydrogens is 295 g/mol. The average molecular weight is 316 g/mol. The van der Waals surface area contributed by atoms with Gasteiger partial charge < -0.3 is 14.2 Å². The van der Waals surface area contributed by atoms with Crippen molar-refractivity contribution < 1.29 is 13.9 Å². The van der Waals surface area contributed by atoms with E-state index in [1.54, 1.807) is 6.07 Å². The predicted molar refractivity (Wildman–Crippen MR) is 87.0 cm³/mol. The zero-order valence-electron chi connectivity index (χ0n) is 13.5. The average Bonchev–Trinajstić information content (AvgIpc) is 2.94. The van der Waals surface area contributed by atoms with Gasteiger partial charge in [0.15, 0.2) is 17.3 Å². The van der Waals surface area contributed by atoms with Crippen LogP contribution in [0.4, 0.5) is 4.39 Å². The van der Waals surface area contributed by atoms with Crippen molar-refractivity contribution >= 4 is 5.78 Å². The van der Waals surface area contributed by atoms with E-state index in [1.165, 1.54) is 6.07 Å². The number of ether oxygens (including phenoxy) is 1. The maximum atomic E-state index is 14.3. The third-order valence-corrected chi connectivity index (χ3v) is 4.10. The fourth-order valence-electron chi connectivity index (χ4n) is 2.86. The van der Waals surface area contributed by atoms with Gasteiger partial charge in [0.05, 0.1) is 0 Å². The second-order valence-corrected chi connectivity index (χ2v) is 6.09. The van der Waals surface area contributed by atoms with Crippen molar-refractivity contribution in [1.82, 2.24) is 9.47 Å². The smallest absolute Gasteiger partial charge is 0.167 e. The van der Waals surface area contributed by atoms with Crippen LogP contribution < -0.4 is 4.74 Å². The van der Waals surface area contributed by atoms with Crippen LogP contribution in [0, 0.1) is 5.82 Å². The molecule has 122 valence electrons. The zero-order chi connectivity index (χ0) is 16.4. The number of likely N-dealkylation sites (N-methyl/N-ethyl adjacent to an activating group) is 1. The van der Waals surface area contributed by atoms with Gasteiger partial charge in [0.25, 0.3) is 0 Å². The highest BCUT2D eigenvalue weighted by molar-refractivity contribution is 5.98. The molecule has 0 saturated heterocycles. The van der Waals surface area contributed by atoms with Gasteiger partial charge in [0.1, 0.15) is 6.61 Å². The number of hydrogen-bond donors (Lipinski definition) is 0. The van der Waals surface area contributed by atoms with Crippen LogP contribution in [-0.2, 0) is 6.42 Å². The molecule has 0 fully saturated rings. The fourth-order valence-corrected chi connectivity index (χ4v) is 2.86. The molecule has 0 N–H and O–H groups in total. The first-order valence-electron chi connectivity index (χ1n) is 7.87. The van der Waals surface area contributed by atoms with E-state index in [0.717, 1.165) is 36.3 Å². The molecular formula is C18H21FN2O2. The molecule has 0 bridgehead atoms. The predicted octanol–water partition coefficient (Wildman–Crippen LogP) is 3.08. The van der Waals surface area contributed by atoms with Crippen molar-refractivity contribution in [1.29, 1.82) is 0 Å². The fraction of sp³-hybridized carbons (Fsp3) is 0.389. The van der Waals surface area contributed by atoms with Gasteiger partial charge in [-0.15, -0.1) is 0 Å². The number of benzene rings is 1. The van der Waals surface area contributed by atoms with Gasteiger partial charge in [-0.25, -0.2) is 4.39 Å². The number of rotatable bonds is 5. The number of hydrogen-bond acceptors (Lipinski definition) is 3. The Kier molecular flexibility index (Phi) is 4.48. The van der Waals surface area contributed by atoms with Crippen LogP contribution in [0.1, 0.15) is 28.9 Å². The minimum atomic E-state index is -0.383. The van der Waals surface area contributed by atoms with Crippen molar-refractivity contribution in [3.63, 3.8) is 0 Å². The molecule has 1 aromatic heterocycles. The Morgan fingerprint density at radius 3 is 2.83 bits per heavy atom. The van der Waals surface area contributed by atoms with Crippen LogP contribution in [0.5, 0.6) is 5.75 Å². The van der Waals surface area contributed by atoms with Gasteiger partial charge in [-0.3, -0.25) is 4.79 Å². The molecule has 2 aromatic rings. The second kappa shape index (κ2) is 6.54. The largest absolute Gasteiger partial charge is 0.489 e. The second-order valence-electron chi connectivity index (χ2n) is 6.09. The first kappa shape index (κ1) is 15.7. The Hall–Kier alpha value is -2.14. The molecule has 4 nitrogen and oxygen atoms in total. The Morgan fingerprint density at radius 1 is 1.26 bits per heavy atom. The molecule has 5 heteroatoms. The number of ketones is 1. The molecule has 0 amide bonds. The maximum absolute atomic E-state index is 14.3. The van der Waals surface area contributed by atoms with Gasteiger partial charge in [-0.05, 0) is 45.1 Å². The summed E-state index contributed by atoms with van der Waals surface area (Å²) in [6, 6.07) is 6.77. The summed E-state index contributed by atoms with van der Waals surface area (Å²) in [6.45, 7) is 1.17. The number of Topliss-reactive ketones (excluding diaryl/α,β-unsaturated/α-hetero) is 1. The maximum Gasteiger partial charge on any atom is 0.167 e. The molecule has 1 aliphatic carbocycles. The summed E-state index contributed by atoms with van der Waals surface area (Å²) in [4.78, 5) is 13.9. The Balaban J connectivity index is 1.82. The number of carbonyl (C=O) groups excluding carboxylic acids is 1. The lowest BCUT2D eigenvalue weighted by Crippen LogP contribution is -2.19. The van der Waals surface area contributed by atoms with E-state index in [0.29, 0.717) is 13.0 Å². The van der Waals surface area contributed by atoms with E-state index >= 15 is 0 Å². The molecule has 0 unspecified atom stereocenters. The van der Waals surface area contributed by atoms with Crippen LogP contribution in [0.3, 0.4) is 0 Å². The summed E-state index contributed by atoms with van der Waals surface area (Å²) in [7, 11) is 3.89. The van der Waals surface area contributed by atoms with E-state index in [4.69, 9.17) is 4.74 Å².